The van der Waals surface area contributed by atoms with Crippen LogP contribution >= 0.6 is 22.9 Å². The van der Waals surface area contributed by atoms with E-state index in [-0.39, 0.29) is 23.6 Å². The molecule has 0 aliphatic heterocycles. The number of rotatable bonds is 3. The van der Waals surface area contributed by atoms with E-state index in [1.807, 2.05) is 13.0 Å². The number of imidazole rings is 1. The Balaban J connectivity index is 1.65. The summed E-state index contributed by atoms with van der Waals surface area (Å²) < 4.78 is 4.54. The number of thiazole rings is 1. The number of nitrogens with one attached hydrogen (secondary N) is 1. The van der Waals surface area contributed by atoms with Gasteiger partial charge in [0.05, 0.1) is 16.5 Å². The summed E-state index contributed by atoms with van der Waals surface area (Å²) in [5.41, 5.74) is 1.13. The summed E-state index contributed by atoms with van der Waals surface area (Å²) in [7, 11) is 2.91. The van der Waals surface area contributed by atoms with Crippen LogP contribution in [0.2, 0.25) is 5.02 Å². The zero-order chi connectivity index (χ0) is 20.2. The van der Waals surface area contributed by atoms with E-state index in [1.165, 1.54) is 40.9 Å². The van der Waals surface area contributed by atoms with E-state index >= 15 is 0 Å². The first-order valence-corrected chi connectivity index (χ1v) is 9.43. The number of carbonyl (C=O) groups is 1. The second-order valence-electron chi connectivity index (χ2n) is 6.39. The number of aryl methyl sites for hydroxylation is 2. The standard InChI is InChI=1S/C17H15ClN6O3S/c1-8-4-9(18)5-10-12(8)21-16(28-10)20-11(25)6-24-7-19-14-13(24)15(26)23(3)17(27)22(14)2/h4-5,7H,6H2,1-3H3,(H,20,21,25). The highest BCUT2D eigenvalue weighted by molar-refractivity contribution is 7.22. The molecule has 1 N–H and O–H groups in total. The highest BCUT2D eigenvalue weighted by Crippen LogP contribution is 2.30. The number of hydrogen-bond donors (Lipinski definition) is 1. The highest BCUT2D eigenvalue weighted by Gasteiger charge is 2.17. The van der Waals surface area contributed by atoms with Gasteiger partial charge in [-0.25, -0.2) is 14.8 Å². The lowest BCUT2D eigenvalue weighted by Gasteiger charge is -2.06. The van der Waals surface area contributed by atoms with Gasteiger partial charge in [-0.2, -0.15) is 0 Å². The molecule has 0 radical (unpaired) electrons. The first-order chi connectivity index (χ1) is 13.3. The van der Waals surface area contributed by atoms with Crippen LogP contribution in [0.3, 0.4) is 0 Å². The molecule has 4 aromatic rings. The van der Waals surface area contributed by atoms with Gasteiger partial charge in [-0.1, -0.05) is 22.9 Å². The van der Waals surface area contributed by atoms with Gasteiger partial charge in [-0.15, -0.1) is 0 Å². The van der Waals surface area contributed by atoms with E-state index in [4.69, 9.17) is 11.6 Å². The first-order valence-electron chi connectivity index (χ1n) is 8.23. The molecule has 11 heteroatoms. The lowest BCUT2D eigenvalue weighted by Crippen LogP contribution is -2.37. The van der Waals surface area contributed by atoms with Gasteiger partial charge in [0.15, 0.2) is 16.3 Å². The van der Waals surface area contributed by atoms with E-state index in [9.17, 15) is 14.4 Å². The summed E-state index contributed by atoms with van der Waals surface area (Å²) in [5.74, 6) is -0.363. The van der Waals surface area contributed by atoms with E-state index in [0.29, 0.717) is 10.2 Å². The van der Waals surface area contributed by atoms with Gasteiger partial charge >= 0.3 is 5.69 Å². The number of fused-ring (bicyclic) bond motifs is 2. The molecule has 0 aliphatic rings. The average molecular weight is 419 g/mol. The van der Waals surface area contributed by atoms with Crippen LogP contribution in [0.5, 0.6) is 0 Å². The van der Waals surface area contributed by atoms with Crippen molar-refractivity contribution in [3.05, 3.63) is 49.9 Å². The fourth-order valence-electron chi connectivity index (χ4n) is 3.04. The monoisotopic (exact) mass is 418 g/mol. The average Bonchev–Trinajstić information content (AvgIpc) is 3.22. The normalized spacial score (nSPS) is 11.4. The SMILES string of the molecule is Cc1cc(Cl)cc2sc(NC(=O)Cn3cnc4c3c(=O)n(C)c(=O)n4C)nc12. The second-order valence-corrected chi connectivity index (χ2v) is 7.85. The third kappa shape index (κ3) is 2.90. The predicted molar refractivity (Wildman–Crippen MR) is 108 cm³/mol. The Morgan fingerprint density at radius 2 is 2.00 bits per heavy atom. The van der Waals surface area contributed by atoms with Crippen molar-refractivity contribution in [2.75, 3.05) is 5.32 Å². The molecule has 0 fully saturated rings. The third-order valence-corrected chi connectivity index (χ3v) is 5.56. The maximum absolute atomic E-state index is 12.5. The van der Waals surface area contributed by atoms with Crippen LogP contribution in [0.25, 0.3) is 21.4 Å². The molecule has 1 aromatic carbocycles. The van der Waals surface area contributed by atoms with Crippen LogP contribution in [0.15, 0.2) is 28.0 Å². The minimum absolute atomic E-state index is 0.139. The molecule has 3 aromatic heterocycles. The summed E-state index contributed by atoms with van der Waals surface area (Å²) in [6, 6.07) is 3.61. The van der Waals surface area contributed by atoms with E-state index < -0.39 is 11.2 Å². The fraction of sp³-hybridized carbons (Fsp3) is 0.235. The Labute approximate surface area is 166 Å². The summed E-state index contributed by atoms with van der Waals surface area (Å²) in [4.78, 5) is 45.5. The van der Waals surface area contributed by atoms with Gasteiger partial charge in [0.25, 0.3) is 5.56 Å². The molecule has 3 heterocycles. The zero-order valence-corrected chi connectivity index (χ0v) is 16.8. The molecule has 0 spiro atoms. The number of anilines is 1. The van der Waals surface area contributed by atoms with Crippen molar-refractivity contribution in [1.29, 1.82) is 0 Å². The number of hydrogen-bond acceptors (Lipinski definition) is 6. The Morgan fingerprint density at radius 3 is 2.75 bits per heavy atom. The topological polar surface area (TPSA) is 104 Å². The van der Waals surface area contributed by atoms with Gasteiger partial charge < -0.3 is 9.88 Å². The molecular formula is C17H15ClN6O3S. The summed E-state index contributed by atoms with van der Waals surface area (Å²) >= 11 is 7.38. The summed E-state index contributed by atoms with van der Waals surface area (Å²) in [6.45, 7) is 1.76. The zero-order valence-electron chi connectivity index (χ0n) is 15.2. The number of benzene rings is 1. The van der Waals surface area contributed by atoms with Crippen molar-refractivity contribution in [2.24, 2.45) is 14.1 Å². The molecule has 0 bridgehead atoms. The lowest BCUT2D eigenvalue weighted by molar-refractivity contribution is -0.116. The summed E-state index contributed by atoms with van der Waals surface area (Å²) in [6.07, 6.45) is 1.37. The second kappa shape index (κ2) is 6.57. The van der Waals surface area contributed by atoms with E-state index in [2.05, 4.69) is 15.3 Å². The van der Waals surface area contributed by atoms with Crippen molar-refractivity contribution in [2.45, 2.75) is 13.5 Å². The largest absolute Gasteiger partial charge is 0.332 e. The van der Waals surface area contributed by atoms with Gasteiger partial charge in [0.1, 0.15) is 6.54 Å². The van der Waals surface area contributed by atoms with Crippen molar-refractivity contribution >= 4 is 55.4 Å². The number of halogens is 1. The lowest BCUT2D eigenvalue weighted by atomic mass is 10.2. The van der Waals surface area contributed by atoms with Crippen molar-refractivity contribution < 1.29 is 4.79 Å². The van der Waals surface area contributed by atoms with Gasteiger partial charge in [0.2, 0.25) is 5.91 Å². The van der Waals surface area contributed by atoms with Gasteiger partial charge in [-0.05, 0) is 24.6 Å². The number of nitrogens with zero attached hydrogens (tertiary/aromatic N) is 5. The first kappa shape index (κ1) is 18.4. The molecule has 0 unspecified atom stereocenters. The fourth-order valence-corrected chi connectivity index (χ4v) is 4.37. The third-order valence-electron chi connectivity index (χ3n) is 4.43. The Kier molecular flexibility index (Phi) is 4.31. The van der Waals surface area contributed by atoms with Gasteiger partial charge in [-0.3, -0.25) is 18.7 Å². The quantitative estimate of drug-likeness (QED) is 0.544. The number of carbonyl (C=O) groups excluding carboxylic acids is 1. The molecule has 0 aliphatic carbocycles. The van der Waals surface area contributed by atoms with Crippen molar-refractivity contribution in [3.63, 3.8) is 0 Å². The van der Waals surface area contributed by atoms with Crippen LogP contribution < -0.4 is 16.6 Å². The number of aromatic nitrogens is 5. The molecule has 0 atom stereocenters. The predicted octanol–water partition coefficient (Wildman–Crippen LogP) is 1.64. The molecular weight excluding hydrogens is 404 g/mol. The Bertz CT molecular complexity index is 1380. The van der Waals surface area contributed by atoms with Gasteiger partial charge in [0, 0.05) is 19.1 Å². The molecule has 9 nitrogen and oxygen atoms in total. The van der Waals surface area contributed by atoms with Crippen molar-refractivity contribution in [1.82, 2.24) is 23.7 Å². The molecule has 4 rings (SSSR count). The minimum Gasteiger partial charge on any atom is -0.315 e. The number of amides is 1. The highest BCUT2D eigenvalue weighted by atomic mass is 35.5. The van der Waals surface area contributed by atoms with E-state index in [1.54, 1.807) is 6.07 Å². The Morgan fingerprint density at radius 1 is 1.25 bits per heavy atom. The van der Waals surface area contributed by atoms with Crippen LogP contribution in [0, 0.1) is 6.92 Å². The maximum atomic E-state index is 12.5. The minimum atomic E-state index is -0.506. The molecule has 0 saturated heterocycles. The van der Waals surface area contributed by atoms with Crippen molar-refractivity contribution in [3.8, 4) is 0 Å². The molecule has 144 valence electrons. The van der Waals surface area contributed by atoms with Crippen LogP contribution in [0.1, 0.15) is 5.56 Å². The summed E-state index contributed by atoms with van der Waals surface area (Å²) in [5, 5.41) is 3.79. The smallest absolute Gasteiger partial charge is 0.315 e. The van der Waals surface area contributed by atoms with E-state index in [0.717, 1.165) is 20.3 Å². The molecule has 28 heavy (non-hydrogen) atoms. The van der Waals surface area contributed by atoms with Crippen LogP contribution in [-0.4, -0.2) is 29.6 Å². The molecule has 0 saturated carbocycles. The molecule has 1 amide bonds. The Hall–Kier alpha value is -2.98. The van der Waals surface area contributed by atoms with Crippen LogP contribution in [-0.2, 0) is 25.4 Å². The van der Waals surface area contributed by atoms with Crippen LogP contribution in [0.4, 0.5) is 5.13 Å². The maximum Gasteiger partial charge on any atom is 0.332 e.